The summed E-state index contributed by atoms with van der Waals surface area (Å²) < 4.78 is 1.93. The first-order valence-corrected chi connectivity index (χ1v) is 7.08. The molecule has 1 N–H and O–H groups in total. The van der Waals surface area contributed by atoms with Crippen LogP contribution >= 0.6 is 22.9 Å². The van der Waals surface area contributed by atoms with E-state index in [1.165, 1.54) is 11.3 Å². The smallest absolute Gasteiger partial charge is 0.187 e. The highest BCUT2D eigenvalue weighted by molar-refractivity contribution is 7.07. The van der Waals surface area contributed by atoms with Crippen LogP contribution in [0.2, 0.25) is 5.02 Å². The lowest BCUT2D eigenvalue weighted by atomic mass is 10.1. The molecule has 0 aliphatic rings. The SMILES string of the molecule is N=c1scc(-c2ccccc2)n1-c1ccc(Cl)cc1. The fraction of sp³-hybridized carbons (Fsp3) is 0. The van der Waals surface area contributed by atoms with E-state index in [0.717, 1.165) is 16.9 Å². The Labute approximate surface area is 120 Å². The number of halogens is 1. The van der Waals surface area contributed by atoms with Crippen LogP contribution in [0, 0.1) is 5.41 Å². The van der Waals surface area contributed by atoms with Crippen molar-refractivity contribution in [2.24, 2.45) is 0 Å². The number of hydrogen-bond donors (Lipinski definition) is 1. The minimum absolute atomic E-state index is 0.501. The maximum atomic E-state index is 8.08. The number of benzene rings is 2. The van der Waals surface area contributed by atoms with Crippen LogP contribution in [0.5, 0.6) is 0 Å². The standard InChI is InChI=1S/C15H11ClN2S/c16-12-6-8-13(9-7-12)18-14(10-19-15(18)17)11-4-2-1-3-5-11/h1-10,17H. The molecular weight excluding hydrogens is 276 g/mol. The van der Waals surface area contributed by atoms with Crippen LogP contribution in [0.3, 0.4) is 0 Å². The first-order valence-electron chi connectivity index (χ1n) is 5.82. The summed E-state index contributed by atoms with van der Waals surface area (Å²) in [5, 5.41) is 10.8. The molecular formula is C15H11ClN2S. The summed E-state index contributed by atoms with van der Waals surface area (Å²) in [4.78, 5) is 0.501. The van der Waals surface area contributed by atoms with Gasteiger partial charge in [0.15, 0.2) is 4.80 Å². The summed E-state index contributed by atoms with van der Waals surface area (Å²) in [5.74, 6) is 0. The van der Waals surface area contributed by atoms with E-state index in [-0.39, 0.29) is 0 Å². The molecule has 2 aromatic carbocycles. The average Bonchev–Trinajstić information content (AvgIpc) is 2.83. The quantitative estimate of drug-likeness (QED) is 0.726. The topological polar surface area (TPSA) is 28.8 Å². The van der Waals surface area contributed by atoms with Crippen molar-refractivity contribution in [3.05, 3.63) is 69.8 Å². The summed E-state index contributed by atoms with van der Waals surface area (Å²) in [6.07, 6.45) is 0. The summed E-state index contributed by atoms with van der Waals surface area (Å²) in [7, 11) is 0. The van der Waals surface area contributed by atoms with E-state index >= 15 is 0 Å². The van der Waals surface area contributed by atoms with E-state index in [1.807, 2.05) is 64.5 Å². The van der Waals surface area contributed by atoms with Crippen LogP contribution in [0.4, 0.5) is 0 Å². The molecule has 0 aliphatic carbocycles. The van der Waals surface area contributed by atoms with Crippen molar-refractivity contribution in [3.63, 3.8) is 0 Å². The van der Waals surface area contributed by atoms with E-state index in [2.05, 4.69) is 0 Å². The van der Waals surface area contributed by atoms with E-state index < -0.39 is 0 Å². The van der Waals surface area contributed by atoms with Gasteiger partial charge in [-0.05, 0) is 29.8 Å². The molecule has 0 spiro atoms. The van der Waals surface area contributed by atoms with Gasteiger partial charge < -0.3 is 0 Å². The van der Waals surface area contributed by atoms with Crippen LogP contribution in [0.1, 0.15) is 0 Å². The Morgan fingerprint density at radius 2 is 1.63 bits per heavy atom. The first kappa shape index (κ1) is 12.2. The largest absolute Gasteiger partial charge is 0.286 e. The van der Waals surface area contributed by atoms with Gasteiger partial charge in [-0.1, -0.05) is 41.9 Å². The summed E-state index contributed by atoms with van der Waals surface area (Å²) in [6.45, 7) is 0. The third-order valence-electron chi connectivity index (χ3n) is 2.88. The van der Waals surface area contributed by atoms with Crippen LogP contribution < -0.4 is 4.80 Å². The highest BCUT2D eigenvalue weighted by Crippen LogP contribution is 2.23. The predicted octanol–water partition coefficient (Wildman–Crippen LogP) is 4.34. The van der Waals surface area contributed by atoms with Crippen molar-refractivity contribution in [1.29, 1.82) is 5.41 Å². The van der Waals surface area contributed by atoms with Crippen molar-refractivity contribution < 1.29 is 0 Å². The van der Waals surface area contributed by atoms with Crippen molar-refractivity contribution >= 4 is 22.9 Å². The van der Waals surface area contributed by atoms with Gasteiger partial charge in [0.2, 0.25) is 0 Å². The Bertz CT molecular complexity index is 742. The minimum atomic E-state index is 0.501. The van der Waals surface area contributed by atoms with Crippen molar-refractivity contribution in [3.8, 4) is 16.9 Å². The lowest BCUT2D eigenvalue weighted by Crippen LogP contribution is -2.11. The fourth-order valence-electron chi connectivity index (χ4n) is 1.98. The lowest BCUT2D eigenvalue weighted by Gasteiger charge is -2.08. The molecule has 0 radical (unpaired) electrons. The van der Waals surface area contributed by atoms with Crippen molar-refractivity contribution in [2.75, 3.05) is 0 Å². The third-order valence-corrected chi connectivity index (χ3v) is 3.88. The molecule has 19 heavy (non-hydrogen) atoms. The second-order valence-electron chi connectivity index (χ2n) is 4.10. The van der Waals surface area contributed by atoms with E-state index in [4.69, 9.17) is 17.0 Å². The highest BCUT2D eigenvalue weighted by atomic mass is 35.5. The number of rotatable bonds is 2. The zero-order valence-electron chi connectivity index (χ0n) is 10.0. The highest BCUT2D eigenvalue weighted by Gasteiger charge is 2.08. The Kier molecular flexibility index (Phi) is 3.23. The molecule has 0 saturated carbocycles. The molecule has 1 aromatic heterocycles. The Morgan fingerprint density at radius 3 is 2.32 bits per heavy atom. The van der Waals surface area contributed by atoms with Crippen molar-refractivity contribution in [1.82, 2.24) is 4.57 Å². The Morgan fingerprint density at radius 1 is 0.947 bits per heavy atom. The second kappa shape index (κ2) is 5.03. The van der Waals surface area contributed by atoms with Crippen molar-refractivity contribution in [2.45, 2.75) is 0 Å². The zero-order chi connectivity index (χ0) is 13.2. The molecule has 1 heterocycles. The van der Waals surface area contributed by atoms with Crippen LogP contribution in [0.15, 0.2) is 60.0 Å². The molecule has 3 aromatic rings. The molecule has 0 unspecified atom stereocenters. The van der Waals surface area contributed by atoms with Crippen LogP contribution in [-0.2, 0) is 0 Å². The first-order chi connectivity index (χ1) is 9.25. The molecule has 3 rings (SSSR count). The summed E-state index contributed by atoms with van der Waals surface area (Å²) in [6, 6.07) is 17.6. The molecule has 0 saturated heterocycles. The van der Waals surface area contributed by atoms with E-state index in [9.17, 15) is 0 Å². The second-order valence-corrected chi connectivity index (χ2v) is 5.40. The molecule has 0 atom stereocenters. The molecule has 4 heteroatoms. The summed E-state index contributed by atoms with van der Waals surface area (Å²) in [5.41, 5.74) is 3.08. The summed E-state index contributed by atoms with van der Waals surface area (Å²) >= 11 is 7.34. The monoisotopic (exact) mass is 286 g/mol. The van der Waals surface area contributed by atoms with Crippen LogP contribution in [-0.4, -0.2) is 4.57 Å². The number of thiazole rings is 1. The van der Waals surface area contributed by atoms with Crippen LogP contribution in [0.25, 0.3) is 16.9 Å². The van der Waals surface area contributed by atoms with Gasteiger partial charge in [-0.15, -0.1) is 11.3 Å². The van der Waals surface area contributed by atoms with E-state index in [0.29, 0.717) is 9.82 Å². The fourth-order valence-corrected chi connectivity index (χ4v) is 2.88. The maximum absolute atomic E-state index is 8.08. The van der Waals surface area contributed by atoms with Gasteiger partial charge in [0.25, 0.3) is 0 Å². The number of aromatic nitrogens is 1. The molecule has 0 fully saturated rings. The van der Waals surface area contributed by atoms with Gasteiger partial charge >= 0.3 is 0 Å². The van der Waals surface area contributed by atoms with Gasteiger partial charge in [-0.3, -0.25) is 9.98 Å². The molecule has 0 amide bonds. The normalized spacial score (nSPS) is 10.6. The third kappa shape index (κ3) is 2.35. The molecule has 2 nitrogen and oxygen atoms in total. The number of hydrogen-bond acceptors (Lipinski definition) is 2. The molecule has 0 aliphatic heterocycles. The van der Waals surface area contributed by atoms with Gasteiger partial charge in [0.05, 0.1) is 5.69 Å². The maximum Gasteiger partial charge on any atom is 0.187 e. The minimum Gasteiger partial charge on any atom is -0.286 e. The Hall–Kier alpha value is -1.84. The predicted molar refractivity (Wildman–Crippen MR) is 79.9 cm³/mol. The zero-order valence-corrected chi connectivity index (χ0v) is 11.6. The number of nitrogens with zero attached hydrogens (tertiary/aromatic N) is 1. The van der Waals surface area contributed by atoms with Gasteiger partial charge in [0.1, 0.15) is 0 Å². The Balaban J connectivity index is 2.19. The molecule has 94 valence electrons. The lowest BCUT2D eigenvalue weighted by molar-refractivity contribution is 0.987. The molecule has 0 bridgehead atoms. The number of nitrogens with one attached hydrogen (secondary N) is 1. The van der Waals surface area contributed by atoms with Gasteiger partial charge in [0, 0.05) is 16.1 Å². The van der Waals surface area contributed by atoms with Gasteiger partial charge in [-0.2, -0.15) is 0 Å². The average molecular weight is 287 g/mol. The van der Waals surface area contributed by atoms with Gasteiger partial charge in [-0.25, -0.2) is 0 Å². The van der Waals surface area contributed by atoms with E-state index in [1.54, 1.807) is 0 Å².